The first-order chi connectivity index (χ1) is 8.65. The minimum absolute atomic E-state index is 0.246. The van der Waals surface area contributed by atoms with Crippen molar-refractivity contribution >= 4 is 5.91 Å². The highest BCUT2D eigenvalue weighted by Gasteiger charge is 2.22. The van der Waals surface area contributed by atoms with Gasteiger partial charge in [-0.2, -0.15) is 0 Å². The van der Waals surface area contributed by atoms with Crippen LogP contribution in [0.4, 0.5) is 0 Å². The Hall–Kier alpha value is -0.610. The van der Waals surface area contributed by atoms with Crippen LogP contribution in [0.5, 0.6) is 0 Å². The molecule has 1 saturated carbocycles. The summed E-state index contributed by atoms with van der Waals surface area (Å²) >= 11 is 0. The zero-order valence-electron chi connectivity index (χ0n) is 11.8. The van der Waals surface area contributed by atoms with E-state index in [1.807, 2.05) is 0 Å². The van der Waals surface area contributed by atoms with Crippen molar-refractivity contribution in [1.82, 2.24) is 5.32 Å². The molecule has 3 N–H and O–H groups in total. The molecule has 0 aliphatic heterocycles. The fourth-order valence-electron chi connectivity index (χ4n) is 2.53. The van der Waals surface area contributed by atoms with E-state index >= 15 is 0 Å². The lowest BCUT2D eigenvalue weighted by Crippen LogP contribution is -2.42. The molecule has 4 nitrogen and oxygen atoms in total. The topological polar surface area (TPSA) is 64.3 Å². The van der Waals surface area contributed by atoms with Crippen LogP contribution in [0.3, 0.4) is 0 Å². The maximum atomic E-state index is 11.3. The Morgan fingerprint density at radius 1 is 1.44 bits per heavy atom. The van der Waals surface area contributed by atoms with Crippen LogP contribution in [0, 0.1) is 5.92 Å². The zero-order valence-corrected chi connectivity index (χ0v) is 11.8. The first-order valence-corrected chi connectivity index (χ1v) is 7.29. The molecular weight excluding hydrogens is 228 g/mol. The van der Waals surface area contributed by atoms with Crippen molar-refractivity contribution < 1.29 is 9.53 Å². The molecule has 0 saturated heterocycles. The molecule has 0 bridgehead atoms. The fourth-order valence-corrected chi connectivity index (χ4v) is 2.53. The number of primary amides is 1. The summed E-state index contributed by atoms with van der Waals surface area (Å²) in [6.07, 6.45) is 7.07. The molecule has 0 aromatic heterocycles. The van der Waals surface area contributed by atoms with Crippen LogP contribution in [-0.2, 0) is 9.53 Å². The molecule has 1 amide bonds. The Bertz CT molecular complexity index is 246. The van der Waals surface area contributed by atoms with Crippen LogP contribution in [0.2, 0.25) is 0 Å². The van der Waals surface area contributed by atoms with Gasteiger partial charge in [0, 0.05) is 6.61 Å². The van der Waals surface area contributed by atoms with Crippen molar-refractivity contribution in [2.45, 2.75) is 64.5 Å². The molecule has 0 radical (unpaired) electrons. The average molecular weight is 256 g/mol. The van der Waals surface area contributed by atoms with E-state index in [1.54, 1.807) is 0 Å². The Labute approximate surface area is 111 Å². The summed E-state index contributed by atoms with van der Waals surface area (Å²) in [6.45, 7) is 5.78. The molecule has 1 rings (SSSR count). The number of rotatable bonds is 8. The van der Waals surface area contributed by atoms with Crippen LogP contribution in [0.25, 0.3) is 0 Å². The van der Waals surface area contributed by atoms with Gasteiger partial charge in [0.1, 0.15) is 0 Å². The molecule has 1 fully saturated rings. The number of hydrogen-bond donors (Lipinski definition) is 2. The largest absolute Gasteiger partial charge is 0.378 e. The van der Waals surface area contributed by atoms with Gasteiger partial charge in [0.25, 0.3) is 0 Å². The fraction of sp³-hybridized carbons (Fsp3) is 0.929. The molecule has 3 unspecified atom stereocenters. The standard InChI is InChI=1S/C14H28N2O2/c1-3-9-16-12(14(15)17)8-10-18-13-7-5-4-6-11(13)2/h11-13,16H,3-10H2,1-2H3,(H2,15,17). The van der Waals surface area contributed by atoms with Crippen LogP contribution < -0.4 is 11.1 Å². The molecule has 0 aromatic carbocycles. The highest BCUT2D eigenvalue weighted by atomic mass is 16.5. The van der Waals surface area contributed by atoms with E-state index < -0.39 is 0 Å². The molecule has 0 spiro atoms. The summed E-state index contributed by atoms with van der Waals surface area (Å²) in [6, 6.07) is -0.246. The van der Waals surface area contributed by atoms with Crippen LogP contribution >= 0.6 is 0 Å². The Kier molecular flexibility index (Phi) is 7.28. The van der Waals surface area contributed by atoms with Gasteiger partial charge < -0.3 is 15.8 Å². The Balaban J connectivity index is 2.22. The molecule has 1 aliphatic carbocycles. The lowest BCUT2D eigenvalue weighted by Gasteiger charge is -2.29. The summed E-state index contributed by atoms with van der Waals surface area (Å²) in [5, 5.41) is 3.16. The molecule has 0 aromatic rings. The lowest BCUT2D eigenvalue weighted by molar-refractivity contribution is -0.120. The lowest BCUT2D eigenvalue weighted by atomic mass is 9.88. The smallest absolute Gasteiger partial charge is 0.234 e. The summed E-state index contributed by atoms with van der Waals surface area (Å²) < 4.78 is 5.91. The first kappa shape index (κ1) is 15.4. The van der Waals surface area contributed by atoms with Gasteiger partial charge >= 0.3 is 0 Å². The van der Waals surface area contributed by atoms with Crippen molar-refractivity contribution in [3.8, 4) is 0 Å². The minimum Gasteiger partial charge on any atom is -0.378 e. The molecular formula is C14H28N2O2. The summed E-state index contributed by atoms with van der Waals surface area (Å²) in [5.41, 5.74) is 5.37. The number of amides is 1. The van der Waals surface area contributed by atoms with Gasteiger partial charge in [-0.15, -0.1) is 0 Å². The molecule has 18 heavy (non-hydrogen) atoms. The second kappa shape index (κ2) is 8.48. The normalized spacial score (nSPS) is 25.9. The number of carbonyl (C=O) groups is 1. The third-order valence-corrected chi connectivity index (χ3v) is 3.76. The van der Waals surface area contributed by atoms with E-state index in [-0.39, 0.29) is 11.9 Å². The average Bonchev–Trinajstić information content (AvgIpc) is 2.35. The third kappa shape index (κ3) is 5.36. The Morgan fingerprint density at radius 2 is 2.17 bits per heavy atom. The molecule has 106 valence electrons. The highest BCUT2D eigenvalue weighted by Crippen LogP contribution is 2.26. The number of carbonyl (C=O) groups excluding carboxylic acids is 1. The van der Waals surface area contributed by atoms with E-state index in [4.69, 9.17) is 10.5 Å². The van der Waals surface area contributed by atoms with Crippen molar-refractivity contribution in [2.24, 2.45) is 11.7 Å². The SMILES string of the molecule is CCCNC(CCOC1CCCCC1C)C(N)=O. The maximum absolute atomic E-state index is 11.3. The quantitative estimate of drug-likeness (QED) is 0.696. The summed E-state index contributed by atoms with van der Waals surface area (Å²) in [4.78, 5) is 11.3. The predicted molar refractivity (Wildman–Crippen MR) is 73.3 cm³/mol. The van der Waals surface area contributed by atoms with Gasteiger partial charge in [0.2, 0.25) is 5.91 Å². The van der Waals surface area contributed by atoms with Crippen molar-refractivity contribution in [2.75, 3.05) is 13.2 Å². The van der Waals surface area contributed by atoms with Crippen LogP contribution in [-0.4, -0.2) is 31.2 Å². The van der Waals surface area contributed by atoms with Crippen molar-refractivity contribution in [3.63, 3.8) is 0 Å². The van der Waals surface area contributed by atoms with Gasteiger partial charge in [-0.25, -0.2) is 0 Å². The van der Waals surface area contributed by atoms with Gasteiger partial charge in [0.15, 0.2) is 0 Å². The number of nitrogens with two attached hydrogens (primary N) is 1. The van der Waals surface area contributed by atoms with Crippen molar-refractivity contribution in [1.29, 1.82) is 0 Å². The van der Waals surface area contributed by atoms with Gasteiger partial charge in [-0.05, 0) is 38.1 Å². The molecule has 3 atom stereocenters. The van der Waals surface area contributed by atoms with Crippen LogP contribution in [0.15, 0.2) is 0 Å². The van der Waals surface area contributed by atoms with E-state index in [9.17, 15) is 4.79 Å². The predicted octanol–water partition coefficient (Wildman–Crippen LogP) is 1.83. The number of nitrogens with one attached hydrogen (secondary N) is 1. The van der Waals surface area contributed by atoms with E-state index in [2.05, 4.69) is 19.2 Å². The molecule has 1 aliphatic rings. The number of ether oxygens (including phenoxy) is 1. The van der Waals surface area contributed by atoms with Crippen molar-refractivity contribution in [3.05, 3.63) is 0 Å². The summed E-state index contributed by atoms with van der Waals surface area (Å²) in [7, 11) is 0. The van der Waals surface area contributed by atoms with E-state index in [1.165, 1.54) is 19.3 Å². The Morgan fingerprint density at radius 3 is 2.78 bits per heavy atom. The second-order valence-corrected chi connectivity index (χ2v) is 5.37. The summed E-state index contributed by atoms with van der Waals surface area (Å²) in [5.74, 6) is 0.373. The van der Waals surface area contributed by atoms with E-state index in [0.29, 0.717) is 25.0 Å². The second-order valence-electron chi connectivity index (χ2n) is 5.37. The monoisotopic (exact) mass is 256 g/mol. The van der Waals surface area contributed by atoms with Gasteiger partial charge in [-0.3, -0.25) is 4.79 Å². The third-order valence-electron chi connectivity index (χ3n) is 3.76. The van der Waals surface area contributed by atoms with E-state index in [0.717, 1.165) is 19.4 Å². The minimum atomic E-state index is -0.274. The van der Waals surface area contributed by atoms with Gasteiger partial charge in [-0.1, -0.05) is 26.7 Å². The maximum Gasteiger partial charge on any atom is 0.234 e. The number of hydrogen-bond acceptors (Lipinski definition) is 3. The highest BCUT2D eigenvalue weighted by molar-refractivity contribution is 5.79. The molecule has 0 heterocycles. The zero-order chi connectivity index (χ0) is 13.4. The van der Waals surface area contributed by atoms with Crippen LogP contribution in [0.1, 0.15) is 52.4 Å². The first-order valence-electron chi connectivity index (χ1n) is 7.29. The van der Waals surface area contributed by atoms with Gasteiger partial charge in [0.05, 0.1) is 12.1 Å². The molecule has 4 heteroatoms.